The van der Waals surface area contributed by atoms with Gasteiger partial charge in [-0.1, -0.05) is 0 Å². The molecule has 1 aromatic heterocycles. The van der Waals surface area contributed by atoms with Gasteiger partial charge in [0.2, 0.25) is 0 Å². The molecule has 20 heavy (non-hydrogen) atoms. The molecular weight excluding hydrogens is 255 g/mol. The summed E-state index contributed by atoms with van der Waals surface area (Å²) in [5, 5.41) is 3.18. The van der Waals surface area contributed by atoms with Crippen LogP contribution >= 0.6 is 0 Å². The number of benzene rings is 1. The molecule has 0 spiro atoms. The molecule has 2 heterocycles. The van der Waals surface area contributed by atoms with Crippen molar-refractivity contribution in [1.82, 2.24) is 9.97 Å². The molecule has 0 unspecified atom stereocenters. The van der Waals surface area contributed by atoms with Gasteiger partial charge in [-0.3, -0.25) is 0 Å². The zero-order valence-electron chi connectivity index (χ0n) is 11.2. The summed E-state index contributed by atoms with van der Waals surface area (Å²) in [7, 11) is 0. The number of halogens is 1. The molecule has 0 saturated carbocycles. The van der Waals surface area contributed by atoms with E-state index in [2.05, 4.69) is 20.2 Å². The SMILES string of the molecule is Fc1cc(NCc2cncnc2)ccc1N1CCCC1. The lowest BCUT2D eigenvalue weighted by atomic mass is 10.2. The molecule has 0 amide bonds. The average Bonchev–Trinajstić information content (AvgIpc) is 3.00. The molecule has 104 valence electrons. The first-order valence-electron chi connectivity index (χ1n) is 6.85. The lowest BCUT2D eigenvalue weighted by molar-refractivity contribution is 0.623. The molecule has 1 aliphatic rings. The van der Waals surface area contributed by atoms with Crippen LogP contribution in [-0.4, -0.2) is 23.1 Å². The van der Waals surface area contributed by atoms with Crippen LogP contribution in [0.15, 0.2) is 36.9 Å². The first kappa shape index (κ1) is 12.8. The Labute approximate surface area is 117 Å². The van der Waals surface area contributed by atoms with Crippen molar-refractivity contribution in [2.75, 3.05) is 23.3 Å². The highest BCUT2D eigenvalue weighted by Gasteiger charge is 2.15. The molecule has 1 aliphatic heterocycles. The van der Waals surface area contributed by atoms with Crippen molar-refractivity contribution in [3.8, 4) is 0 Å². The molecule has 3 rings (SSSR count). The summed E-state index contributed by atoms with van der Waals surface area (Å²) in [6, 6.07) is 5.32. The van der Waals surface area contributed by atoms with E-state index in [1.165, 1.54) is 6.33 Å². The number of nitrogens with one attached hydrogen (secondary N) is 1. The quantitative estimate of drug-likeness (QED) is 0.929. The second kappa shape index (κ2) is 5.86. The minimum atomic E-state index is -0.166. The van der Waals surface area contributed by atoms with E-state index in [0.717, 1.165) is 37.2 Å². The van der Waals surface area contributed by atoms with Gasteiger partial charge in [0.05, 0.1) is 5.69 Å². The second-order valence-corrected chi connectivity index (χ2v) is 4.96. The Bertz CT molecular complexity index is 567. The van der Waals surface area contributed by atoms with E-state index in [1.807, 2.05) is 12.1 Å². The third-order valence-corrected chi connectivity index (χ3v) is 3.51. The van der Waals surface area contributed by atoms with Crippen LogP contribution in [0, 0.1) is 5.82 Å². The summed E-state index contributed by atoms with van der Waals surface area (Å²) in [6.07, 6.45) is 7.28. The van der Waals surface area contributed by atoms with E-state index in [1.54, 1.807) is 18.5 Å². The smallest absolute Gasteiger partial charge is 0.148 e. The molecule has 0 radical (unpaired) electrons. The van der Waals surface area contributed by atoms with Gasteiger partial charge in [0.25, 0.3) is 0 Å². The summed E-state index contributed by atoms with van der Waals surface area (Å²) < 4.78 is 14.1. The highest BCUT2D eigenvalue weighted by molar-refractivity contribution is 5.56. The van der Waals surface area contributed by atoms with Gasteiger partial charge in [-0.05, 0) is 31.0 Å². The predicted molar refractivity (Wildman–Crippen MR) is 77.2 cm³/mol. The van der Waals surface area contributed by atoms with Gasteiger partial charge in [-0.25, -0.2) is 14.4 Å². The van der Waals surface area contributed by atoms with Gasteiger partial charge in [0.1, 0.15) is 12.1 Å². The normalized spacial score (nSPS) is 14.6. The van der Waals surface area contributed by atoms with Crippen LogP contribution < -0.4 is 10.2 Å². The monoisotopic (exact) mass is 272 g/mol. The van der Waals surface area contributed by atoms with E-state index in [9.17, 15) is 4.39 Å². The fraction of sp³-hybridized carbons (Fsp3) is 0.333. The lowest BCUT2D eigenvalue weighted by Gasteiger charge is -2.19. The van der Waals surface area contributed by atoms with Crippen LogP contribution in [0.2, 0.25) is 0 Å². The fourth-order valence-corrected chi connectivity index (χ4v) is 2.46. The average molecular weight is 272 g/mol. The Morgan fingerprint density at radius 3 is 2.60 bits per heavy atom. The van der Waals surface area contributed by atoms with Crippen molar-refractivity contribution in [2.45, 2.75) is 19.4 Å². The number of hydrogen-bond donors (Lipinski definition) is 1. The Hall–Kier alpha value is -2.17. The molecule has 1 saturated heterocycles. The molecule has 1 aromatic carbocycles. The van der Waals surface area contributed by atoms with Crippen LogP contribution in [0.3, 0.4) is 0 Å². The first-order valence-corrected chi connectivity index (χ1v) is 6.85. The summed E-state index contributed by atoms with van der Waals surface area (Å²) >= 11 is 0. The molecule has 0 bridgehead atoms. The van der Waals surface area contributed by atoms with Crippen LogP contribution in [0.25, 0.3) is 0 Å². The molecule has 0 aliphatic carbocycles. The van der Waals surface area contributed by atoms with Crippen molar-refractivity contribution in [3.63, 3.8) is 0 Å². The lowest BCUT2D eigenvalue weighted by Crippen LogP contribution is -2.18. The number of hydrogen-bond acceptors (Lipinski definition) is 4. The number of anilines is 2. The third kappa shape index (κ3) is 2.87. The highest BCUT2D eigenvalue weighted by atomic mass is 19.1. The van der Waals surface area contributed by atoms with Crippen molar-refractivity contribution in [2.24, 2.45) is 0 Å². The maximum Gasteiger partial charge on any atom is 0.148 e. The minimum absolute atomic E-state index is 0.166. The van der Waals surface area contributed by atoms with Crippen LogP contribution in [0.4, 0.5) is 15.8 Å². The topological polar surface area (TPSA) is 41.1 Å². The molecule has 1 fully saturated rings. The second-order valence-electron chi connectivity index (χ2n) is 4.96. The molecule has 4 nitrogen and oxygen atoms in total. The molecule has 1 N–H and O–H groups in total. The van der Waals surface area contributed by atoms with Crippen molar-refractivity contribution in [1.29, 1.82) is 0 Å². The van der Waals surface area contributed by atoms with Gasteiger partial charge in [-0.2, -0.15) is 0 Å². The van der Waals surface area contributed by atoms with Crippen molar-refractivity contribution >= 4 is 11.4 Å². The van der Waals surface area contributed by atoms with Gasteiger partial charge in [0, 0.05) is 43.3 Å². The summed E-state index contributed by atoms with van der Waals surface area (Å²) in [5.41, 5.74) is 2.45. The van der Waals surface area contributed by atoms with E-state index in [0.29, 0.717) is 12.2 Å². The summed E-state index contributed by atoms with van der Waals surface area (Å²) in [5.74, 6) is -0.166. The Morgan fingerprint density at radius 1 is 1.15 bits per heavy atom. The first-order chi connectivity index (χ1) is 9.83. The number of rotatable bonds is 4. The minimum Gasteiger partial charge on any atom is -0.381 e. The maximum absolute atomic E-state index is 14.1. The van der Waals surface area contributed by atoms with Gasteiger partial charge in [-0.15, -0.1) is 0 Å². The zero-order valence-corrected chi connectivity index (χ0v) is 11.2. The third-order valence-electron chi connectivity index (χ3n) is 3.51. The van der Waals surface area contributed by atoms with E-state index >= 15 is 0 Å². The Morgan fingerprint density at radius 2 is 1.90 bits per heavy atom. The van der Waals surface area contributed by atoms with Crippen molar-refractivity contribution in [3.05, 3.63) is 48.3 Å². The van der Waals surface area contributed by atoms with Crippen molar-refractivity contribution < 1.29 is 4.39 Å². The van der Waals surface area contributed by atoms with Crippen LogP contribution in [0.1, 0.15) is 18.4 Å². The van der Waals surface area contributed by atoms with Crippen LogP contribution in [0.5, 0.6) is 0 Å². The maximum atomic E-state index is 14.1. The summed E-state index contributed by atoms with van der Waals surface area (Å²) in [6.45, 7) is 2.49. The van der Waals surface area contributed by atoms with Gasteiger partial charge in [0.15, 0.2) is 0 Å². The predicted octanol–water partition coefficient (Wildman–Crippen LogP) is 2.83. The zero-order chi connectivity index (χ0) is 13.8. The molecule has 2 aromatic rings. The van der Waals surface area contributed by atoms with Crippen LogP contribution in [-0.2, 0) is 6.54 Å². The van der Waals surface area contributed by atoms with E-state index < -0.39 is 0 Å². The fourth-order valence-electron chi connectivity index (χ4n) is 2.46. The van der Waals surface area contributed by atoms with E-state index in [-0.39, 0.29) is 5.82 Å². The van der Waals surface area contributed by atoms with Gasteiger partial charge < -0.3 is 10.2 Å². The van der Waals surface area contributed by atoms with Gasteiger partial charge >= 0.3 is 0 Å². The molecule has 0 atom stereocenters. The molecule has 5 heteroatoms. The number of nitrogens with zero attached hydrogens (tertiary/aromatic N) is 3. The standard InChI is InChI=1S/C15H17FN4/c16-14-7-13(19-10-12-8-17-11-18-9-12)3-4-15(14)20-5-1-2-6-20/h3-4,7-9,11,19H,1-2,5-6,10H2. The largest absolute Gasteiger partial charge is 0.381 e. The molecular formula is C15H17FN4. The van der Waals surface area contributed by atoms with E-state index in [4.69, 9.17) is 0 Å². The Balaban J connectivity index is 1.67. The summed E-state index contributed by atoms with van der Waals surface area (Å²) in [4.78, 5) is 10.00. The Kier molecular flexibility index (Phi) is 3.76. The number of aromatic nitrogens is 2. The highest BCUT2D eigenvalue weighted by Crippen LogP contribution is 2.26.